The molecule has 1 aromatic rings. The van der Waals surface area contributed by atoms with Gasteiger partial charge in [-0.15, -0.1) is 0 Å². The van der Waals surface area contributed by atoms with Crippen LogP contribution in [0.2, 0.25) is 0 Å². The minimum absolute atomic E-state index is 0.0190. The summed E-state index contributed by atoms with van der Waals surface area (Å²) in [5.41, 5.74) is 0.541. The molecule has 0 aromatic heterocycles. The first kappa shape index (κ1) is 16.9. The molecule has 0 aliphatic carbocycles. The number of hydrogen-bond acceptors (Lipinski definition) is 5. The molecular weight excluding hydrogens is 294 g/mol. The van der Waals surface area contributed by atoms with Crippen LogP contribution in [0.1, 0.15) is 25.3 Å². The van der Waals surface area contributed by atoms with E-state index in [-0.39, 0.29) is 30.1 Å². The maximum Gasteiger partial charge on any atom is 0.326 e. The number of phenols is 2. The second-order valence-corrected chi connectivity index (χ2v) is 5.18. The van der Waals surface area contributed by atoms with Crippen LogP contribution in [-0.2, 0) is 16.0 Å². The van der Waals surface area contributed by atoms with E-state index in [1.54, 1.807) is 0 Å². The highest BCUT2D eigenvalue weighted by molar-refractivity contribution is 7.80. The van der Waals surface area contributed by atoms with Gasteiger partial charge in [-0.1, -0.05) is 18.3 Å². The van der Waals surface area contributed by atoms with Gasteiger partial charge in [-0.3, -0.25) is 0 Å². The van der Waals surface area contributed by atoms with Crippen molar-refractivity contribution in [1.29, 1.82) is 0 Å². The van der Waals surface area contributed by atoms with Gasteiger partial charge in [-0.2, -0.15) is 0 Å². The van der Waals surface area contributed by atoms with Crippen molar-refractivity contribution in [2.24, 2.45) is 0 Å². The lowest BCUT2D eigenvalue weighted by molar-refractivity contribution is -0.139. The summed E-state index contributed by atoms with van der Waals surface area (Å²) in [6.45, 7) is 1.44. The summed E-state index contributed by atoms with van der Waals surface area (Å²) < 4.78 is 0. The van der Waals surface area contributed by atoms with Crippen LogP contribution in [0.15, 0.2) is 18.2 Å². The largest absolute Gasteiger partial charge is 0.504 e. The van der Waals surface area contributed by atoms with Gasteiger partial charge in [0.05, 0.1) is 4.99 Å². The predicted octanol–water partition coefficient (Wildman–Crippen LogP) is 1.38. The van der Waals surface area contributed by atoms with Gasteiger partial charge < -0.3 is 25.4 Å². The molecule has 114 valence electrons. The quantitative estimate of drug-likeness (QED) is 0.445. The number of benzene rings is 1. The number of rotatable bonds is 7. The Morgan fingerprint density at radius 1 is 1.24 bits per heavy atom. The molecule has 0 fully saturated rings. The molecule has 0 saturated heterocycles. The Hall–Kier alpha value is -2.15. The van der Waals surface area contributed by atoms with Crippen molar-refractivity contribution in [2.45, 2.75) is 32.2 Å². The van der Waals surface area contributed by atoms with Gasteiger partial charge >= 0.3 is 5.97 Å². The van der Waals surface area contributed by atoms with Crippen molar-refractivity contribution in [3.05, 3.63) is 23.8 Å². The number of Topliss-reactive ketones (excluding diaryl/α,β-unsaturated/α-hetero) is 1. The summed E-state index contributed by atoms with van der Waals surface area (Å²) in [5.74, 6) is -1.69. The van der Waals surface area contributed by atoms with E-state index >= 15 is 0 Å². The van der Waals surface area contributed by atoms with Crippen molar-refractivity contribution in [3.8, 4) is 11.5 Å². The minimum Gasteiger partial charge on any atom is -0.504 e. The smallest absolute Gasteiger partial charge is 0.326 e. The summed E-state index contributed by atoms with van der Waals surface area (Å²) in [7, 11) is 0. The van der Waals surface area contributed by atoms with Crippen LogP contribution < -0.4 is 5.32 Å². The van der Waals surface area contributed by atoms with Crippen molar-refractivity contribution in [1.82, 2.24) is 5.32 Å². The Morgan fingerprint density at radius 3 is 2.43 bits per heavy atom. The predicted molar refractivity (Wildman–Crippen MR) is 80.5 cm³/mol. The van der Waals surface area contributed by atoms with Gasteiger partial charge in [-0.05, 0) is 24.6 Å². The summed E-state index contributed by atoms with van der Waals surface area (Å²) in [6, 6.07) is 3.14. The van der Waals surface area contributed by atoms with E-state index in [4.69, 9.17) is 12.2 Å². The maximum absolute atomic E-state index is 11.2. The van der Waals surface area contributed by atoms with Crippen molar-refractivity contribution < 1.29 is 24.9 Å². The van der Waals surface area contributed by atoms with Gasteiger partial charge in [0, 0.05) is 19.3 Å². The minimum atomic E-state index is -1.09. The second-order valence-electron chi connectivity index (χ2n) is 4.69. The highest BCUT2D eigenvalue weighted by atomic mass is 32.1. The number of hydrogen-bond donors (Lipinski definition) is 4. The molecule has 0 radical (unpaired) electrons. The molecule has 0 heterocycles. The van der Waals surface area contributed by atoms with E-state index in [2.05, 4.69) is 5.32 Å². The number of carbonyl (C=O) groups is 2. The fraction of sp³-hybridized carbons (Fsp3) is 0.357. The van der Waals surface area contributed by atoms with Gasteiger partial charge in [0.25, 0.3) is 0 Å². The lowest BCUT2D eigenvalue weighted by Crippen LogP contribution is -2.41. The van der Waals surface area contributed by atoms with Gasteiger partial charge in [0.1, 0.15) is 11.8 Å². The van der Waals surface area contributed by atoms with Gasteiger partial charge in [-0.25, -0.2) is 4.79 Å². The zero-order valence-electron chi connectivity index (χ0n) is 11.5. The summed E-state index contributed by atoms with van der Waals surface area (Å²) in [4.78, 5) is 22.4. The van der Waals surface area contributed by atoms with Gasteiger partial charge in [0.2, 0.25) is 0 Å². The number of aliphatic carboxylic acids is 1. The molecule has 0 saturated carbocycles. The summed E-state index contributed by atoms with van der Waals surface area (Å²) in [5, 5.41) is 30.5. The van der Waals surface area contributed by atoms with Crippen LogP contribution in [0.25, 0.3) is 0 Å². The van der Waals surface area contributed by atoms with E-state index in [1.165, 1.54) is 25.1 Å². The third kappa shape index (κ3) is 5.78. The van der Waals surface area contributed by atoms with Crippen LogP contribution in [0.4, 0.5) is 0 Å². The number of phenolic OH excluding ortho intramolecular Hbond substituents is 2. The first-order valence-corrected chi connectivity index (χ1v) is 6.73. The third-order valence-corrected chi connectivity index (χ3v) is 3.14. The highest BCUT2D eigenvalue weighted by Gasteiger charge is 2.19. The zero-order chi connectivity index (χ0) is 16.0. The van der Waals surface area contributed by atoms with Crippen molar-refractivity contribution in [3.63, 3.8) is 0 Å². The molecule has 0 aliphatic rings. The molecule has 1 rings (SSSR count). The average molecular weight is 311 g/mol. The first-order chi connectivity index (χ1) is 9.79. The Labute approximate surface area is 127 Å². The Balaban J connectivity index is 2.69. The standard InChI is InChI=1S/C14H17NO5S/c1-8(16)2-5-13(21)15-10(14(19)20)6-9-3-4-11(17)12(18)7-9/h3-4,7,10,17-18H,2,5-6H2,1H3,(H,15,21)(H,19,20)/t10-/m0/s1. The molecular formula is C14H17NO5S. The lowest BCUT2D eigenvalue weighted by Gasteiger charge is -2.16. The number of carboxylic acids is 1. The fourth-order valence-electron chi connectivity index (χ4n) is 1.69. The SMILES string of the molecule is CC(=O)CCC(=S)N[C@@H](Cc1ccc(O)c(O)c1)C(=O)O. The zero-order valence-corrected chi connectivity index (χ0v) is 12.3. The van der Waals surface area contributed by atoms with Crippen molar-refractivity contribution >= 4 is 29.0 Å². The Bertz CT molecular complexity index is 558. The molecule has 1 atom stereocenters. The second kappa shape index (κ2) is 7.58. The molecule has 0 aliphatic heterocycles. The number of ketones is 1. The van der Waals surface area contributed by atoms with Crippen LogP contribution in [0.5, 0.6) is 11.5 Å². The molecule has 0 unspecified atom stereocenters. The monoisotopic (exact) mass is 311 g/mol. The lowest BCUT2D eigenvalue weighted by atomic mass is 10.0. The molecule has 7 heteroatoms. The van der Waals surface area contributed by atoms with Crippen LogP contribution in [0.3, 0.4) is 0 Å². The average Bonchev–Trinajstić information content (AvgIpc) is 2.39. The maximum atomic E-state index is 11.2. The van der Waals surface area contributed by atoms with E-state index in [1.807, 2.05) is 0 Å². The summed E-state index contributed by atoms with van der Waals surface area (Å²) >= 11 is 5.01. The molecule has 21 heavy (non-hydrogen) atoms. The Morgan fingerprint density at radius 2 is 1.90 bits per heavy atom. The third-order valence-electron chi connectivity index (χ3n) is 2.82. The summed E-state index contributed by atoms with van der Waals surface area (Å²) in [6.07, 6.45) is 0.650. The van der Waals surface area contributed by atoms with E-state index in [0.717, 1.165) is 0 Å². The Kier molecular flexibility index (Phi) is 6.10. The molecule has 1 aromatic carbocycles. The number of carbonyl (C=O) groups excluding carboxylic acids is 1. The van der Waals surface area contributed by atoms with E-state index in [9.17, 15) is 24.9 Å². The van der Waals surface area contributed by atoms with Crippen LogP contribution in [0, 0.1) is 0 Å². The van der Waals surface area contributed by atoms with Crippen LogP contribution in [-0.4, -0.2) is 38.1 Å². The normalized spacial score (nSPS) is 11.7. The fourth-order valence-corrected chi connectivity index (χ4v) is 1.93. The molecule has 0 spiro atoms. The molecule has 0 amide bonds. The van der Waals surface area contributed by atoms with Crippen molar-refractivity contribution in [2.75, 3.05) is 0 Å². The number of thiocarbonyl (C=S) groups is 1. The molecule has 6 nitrogen and oxygen atoms in total. The van der Waals surface area contributed by atoms with Crippen LogP contribution >= 0.6 is 12.2 Å². The van der Waals surface area contributed by atoms with Gasteiger partial charge in [0.15, 0.2) is 11.5 Å². The van der Waals surface area contributed by atoms with E-state index in [0.29, 0.717) is 17.0 Å². The van der Waals surface area contributed by atoms with E-state index < -0.39 is 12.0 Å². The number of nitrogens with one attached hydrogen (secondary N) is 1. The molecule has 4 N–H and O–H groups in total. The highest BCUT2D eigenvalue weighted by Crippen LogP contribution is 2.25. The number of carboxylic acid groups (broad SMARTS) is 1. The topological polar surface area (TPSA) is 107 Å². The molecule has 0 bridgehead atoms. The number of aromatic hydroxyl groups is 2. The first-order valence-electron chi connectivity index (χ1n) is 6.32.